The van der Waals surface area contributed by atoms with Gasteiger partial charge in [-0.05, 0) is 16.8 Å². The summed E-state index contributed by atoms with van der Waals surface area (Å²) < 4.78 is 0. The second-order valence-electron chi connectivity index (χ2n) is 3.73. The lowest BCUT2D eigenvalue weighted by Gasteiger charge is -2.19. The fourth-order valence-electron chi connectivity index (χ4n) is 1.54. The first-order chi connectivity index (χ1) is 9.31. The third-order valence-electron chi connectivity index (χ3n) is 2.41. The molecule has 0 aliphatic carbocycles. The predicted molar refractivity (Wildman–Crippen MR) is 63.4 cm³/mol. The number of pyridine rings is 1. The molecule has 8 nitrogen and oxygen atoms in total. The van der Waals surface area contributed by atoms with Crippen LogP contribution < -0.4 is 0 Å². The molecule has 0 aliphatic rings. The van der Waals surface area contributed by atoms with Crippen molar-refractivity contribution in [1.82, 2.24) is 30.5 Å². The molecule has 2 rings (SSSR count). The molecule has 0 atom stereocenters. The molecule has 0 aliphatic heterocycles. The minimum atomic E-state index is -0.368. The Bertz CT molecular complexity index is 560. The van der Waals surface area contributed by atoms with Crippen LogP contribution in [0.5, 0.6) is 0 Å². The van der Waals surface area contributed by atoms with Crippen LogP contribution in [0.15, 0.2) is 24.5 Å². The minimum absolute atomic E-state index is 0.0122. The molecule has 2 heterocycles. The van der Waals surface area contributed by atoms with Crippen molar-refractivity contribution in [2.45, 2.75) is 13.0 Å². The Hall–Kier alpha value is -2.82. The van der Waals surface area contributed by atoms with E-state index < -0.39 is 0 Å². The number of H-pyrrole nitrogens is 1. The molecule has 2 aromatic heterocycles. The lowest BCUT2D eigenvalue weighted by Crippen LogP contribution is -2.32. The van der Waals surface area contributed by atoms with Crippen LogP contribution in [0.4, 0.5) is 0 Å². The zero-order valence-corrected chi connectivity index (χ0v) is 10.0. The highest BCUT2D eigenvalue weighted by Crippen LogP contribution is 2.06. The van der Waals surface area contributed by atoms with E-state index in [9.17, 15) is 4.79 Å². The van der Waals surface area contributed by atoms with Gasteiger partial charge < -0.3 is 4.90 Å². The summed E-state index contributed by atoms with van der Waals surface area (Å²) in [6.45, 7) is 0.654. The van der Waals surface area contributed by atoms with Gasteiger partial charge in [0, 0.05) is 25.5 Å². The summed E-state index contributed by atoms with van der Waals surface area (Å²) >= 11 is 0. The summed E-state index contributed by atoms with van der Waals surface area (Å²) in [7, 11) is 0. The molecule has 0 spiro atoms. The fraction of sp³-hybridized carbons (Fsp3) is 0.273. The van der Waals surface area contributed by atoms with Crippen LogP contribution in [0.1, 0.15) is 22.6 Å². The number of carbonyl (C=O) groups is 1. The molecular weight excluding hydrogens is 246 g/mol. The highest BCUT2D eigenvalue weighted by Gasteiger charge is 2.19. The number of hydrogen-bond donors (Lipinski definition) is 1. The van der Waals surface area contributed by atoms with Crippen LogP contribution in [0.2, 0.25) is 0 Å². The number of rotatable bonds is 5. The van der Waals surface area contributed by atoms with Gasteiger partial charge in [-0.25, -0.2) is 0 Å². The number of nitrogens with zero attached hydrogens (tertiary/aromatic N) is 6. The first kappa shape index (κ1) is 12.6. The lowest BCUT2D eigenvalue weighted by molar-refractivity contribution is 0.0734. The number of aromatic amines is 1. The standard InChI is InChI=1S/C11H11N7O/c12-4-2-6-18(8-9-3-1-5-13-7-9)11(19)10-14-16-17-15-10/h1,3,5,7H,2,6,8H2,(H,14,15,16,17). The zero-order valence-electron chi connectivity index (χ0n) is 10.0. The normalized spacial score (nSPS) is 9.84. The van der Waals surface area contributed by atoms with E-state index in [0.717, 1.165) is 5.56 Å². The van der Waals surface area contributed by atoms with E-state index in [2.05, 4.69) is 25.6 Å². The Kier molecular flexibility index (Phi) is 4.12. The number of nitrogens with one attached hydrogen (secondary N) is 1. The van der Waals surface area contributed by atoms with Crippen molar-refractivity contribution >= 4 is 5.91 Å². The average Bonchev–Trinajstić information content (AvgIpc) is 2.98. The SMILES string of the molecule is N#CCCN(Cc1cccnc1)C(=O)c1nn[nH]n1. The molecule has 96 valence electrons. The fourth-order valence-corrected chi connectivity index (χ4v) is 1.54. The van der Waals surface area contributed by atoms with Gasteiger partial charge in [-0.1, -0.05) is 6.07 Å². The van der Waals surface area contributed by atoms with Crippen LogP contribution in [0, 0.1) is 11.3 Å². The van der Waals surface area contributed by atoms with Gasteiger partial charge in [0.25, 0.3) is 11.7 Å². The zero-order chi connectivity index (χ0) is 13.5. The number of aromatic nitrogens is 5. The van der Waals surface area contributed by atoms with Crippen molar-refractivity contribution in [2.75, 3.05) is 6.54 Å². The second kappa shape index (κ2) is 6.20. The molecule has 0 aromatic carbocycles. The predicted octanol–water partition coefficient (Wildman–Crippen LogP) is 0.151. The van der Waals surface area contributed by atoms with Gasteiger partial charge in [0.15, 0.2) is 0 Å². The molecule has 0 saturated heterocycles. The van der Waals surface area contributed by atoms with Gasteiger partial charge in [-0.15, -0.1) is 10.2 Å². The number of tetrazole rings is 1. The van der Waals surface area contributed by atoms with Crippen LogP contribution in [-0.2, 0) is 6.54 Å². The van der Waals surface area contributed by atoms with E-state index >= 15 is 0 Å². The van der Waals surface area contributed by atoms with Crippen LogP contribution in [0.25, 0.3) is 0 Å². The van der Waals surface area contributed by atoms with Gasteiger partial charge in [-0.2, -0.15) is 10.5 Å². The van der Waals surface area contributed by atoms with E-state index in [1.165, 1.54) is 4.90 Å². The molecule has 0 saturated carbocycles. The molecule has 19 heavy (non-hydrogen) atoms. The first-order valence-electron chi connectivity index (χ1n) is 5.60. The third kappa shape index (κ3) is 3.32. The van der Waals surface area contributed by atoms with Gasteiger partial charge in [0.1, 0.15) is 0 Å². The average molecular weight is 257 g/mol. The topological polar surface area (TPSA) is 111 Å². The monoisotopic (exact) mass is 257 g/mol. The maximum absolute atomic E-state index is 12.1. The van der Waals surface area contributed by atoms with Gasteiger partial charge >= 0.3 is 0 Å². The Balaban J connectivity index is 2.12. The second-order valence-corrected chi connectivity index (χ2v) is 3.73. The van der Waals surface area contributed by atoms with E-state index in [-0.39, 0.29) is 18.2 Å². The number of hydrogen-bond acceptors (Lipinski definition) is 6. The Morgan fingerprint density at radius 3 is 3.05 bits per heavy atom. The van der Waals surface area contributed by atoms with Gasteiger partial charge in [-0.3, -0.25) is 9.78 Å². The molecule has 0 radical (unpaired) electrons. The molecule has 1 amide bonds. The summed E-state index contributed by atoms with van der Waals surface area (Å²) in [5.74, 6) is -0.380. The lowest BCUT2D eigenvalue weighted by atomic mass is 10.2. The summed E-state index contributed by atoms with van der Waals surface area (Å²) in [4.78, 5) is 17.6. The maximum atomic E-state index is 12.1. The summed E-state index contributed by atoms with van der Waals surface area (Å²) in [6, 6.07) is 5.66. The highest BCUT2D eigenvalue weighted by atomic mass is 16.2. The number of nitriles is 1. The molecular formula is C11H11N7O. The van der Waals surface area contributed by atoms with Gasteiger partial charge in [0.2, 0.25) is 0 Å². The molecule has 2 aromatic rings. The van der Waals surface area contributed by atoms with Gasteiger partial charge in [0.05, 0.1) is 12.5 Å². The summed E-state index contributed by atoms with van der Waals surface area (Å²) in [5.41, 5.74) is 0.872. The highest BCUT2D eigenvalue weighted by molar-refractivity contribution is 5.90. The van der Waals surface area contributed by atoms with E-state index in [1.807, 2.05) is 12.1 Å². The Morgan fingerprint density at radius 2 is 2.42 bits per heavy atom. The Morgan fingerprint density at radius 1 is 1.53 bits per heavy atom. The van der Waals surface area contributed by atoms with Crippen molar-refractivity contribution in [3.63, 3.8) is 0 Å². The number of amides is 1. The summed E-state index contributed by atoms with van der Waals surface area (Å²) in [5, 5.41) is 21.5. The molecule has 0 unspecified atom stereocenters. The van der Waals surface area contributed by atoms with Crippen LogP contribution in [-0.4, -0.2) is 43.0 Å². The van der Waals surface area contributed by atoms with E-state index in [0.29, 0.717) is 13.1 Å². The van der Waals surface area contributed by atoms with E-state index in [1.54, 1.807) is 18.5 Å². The molecule has 0 bridgehead atoms. The van der Waals surface area contributed by atoms with Crippen molar-refractivity contribution in [3.05, 3.63) is 35.9 Å². The smallest absolute Gasteiger partial charge is 0.295 e. The van der Waals surface area contributed by atoms with Crippen molar-refractivity contribution < 1.29 is 4.79 Å². The van der Waals surface area contributed by atoms with E-state index in [4.69, 9.17) is 5.26 Å². The third-order valence-corrected chi connectivity index (χ3v) is 2.41. The molecule has 8 heteroatoms. The largest absolute Gasteiger partial charge is 0.330 e. The first-order valence-corrected chi connectivity index (χ1v) is 5.60. The Labute approximate surface area is 109 Å². The summed E-state index contributed by atoms with van der Waals surface area (Å²) in [6.07, 6.45) is 3.57. The number of carbonyl (C=O) groups excluding carboxylic acids is 1. The minimum Gasteiger partial charge on any atom is -0.330 e. The van der Waals surface area contributed by atoms with Crippen molar-refractivity contribution in [2.24, 2.45) is 0 Å². The van der Waals surface area contributed by atoms with Crippen molar-refractivity contribution in [1.29, 1.82) is 5.26 Å². The van der Waals surface area contributed by atoms with Crippen LogP contribution in [0.3, 0.4) is 0 Å². The quantitative estimate of drug-likeness (QED) is 0.816. The van der Waals surface area contributed by atoms with Crippen molar-refractivity contribution in [3.8, 4) is 6.07 Å². The molecule has 0 fully saturated rings. The molecule has 1 N–H and O–H groups in total. The van der Waals surface area contributed by atoms with Crippen LogP contribution >= 0.6 is 0 Å². The maximum Gasteiger partial charge on any atom is 0.295 e.